The van der Waals surface area contributed by atoms with Gasteiger partial charge in [-0.2, -0.15) is 0 Å². The Kier molecular flexibility index (Phi) is 7.40. The third kappa shape index (κ3) is 5.93. The Morgan fingerprint density at radius 1 is 0.903 bits per heavy atom. The van der Waals surface area contributed by atoms with Crippen molar-refractivity contribution in [2.24, 2.45) is 0 Å². The van der Waals surface area contributed by atoms with Crippen molar-refractivity contribution in [3.63, 3.8) is 0 Å². The van der Waals surface area contributed by atoms with E-state index in [1.807, 2.05) is 48.3 Å². The van der Waals surface area contributed by atoms with Crippen molar-refractivity contribution in [1.82, 2.24) is 4.90 Å². The van der Waals surface area contributed by atoms with Crippen LogP contribution in [0.1, 0.15) is 24.1 Å². The standard InChI is InChI=1S/C25H27N3O3/c1-18(29)26-21-14-15-23(31-3)22(16-21)27-24(30)17-28(2)25(19-10-6-4-7-11-19)20-12-8-5-9-13-20/h4-16,25H,17H2,1-3H3,(H,26,29)(H,27,30). The van der Waals surface area contributed by atoms with Crippen LogP contribution >= 0.6 is 0 Å². The van der Waals surface area contributed by atoms with Gasteiger partial charge in [0.2, 0.25) is 11.8 Å². The number of anilines is 2. The summed E-state index contributed by atoms with van der Waals surface area (Å²) < 4.78 is 5.36. The first-order chi connectivity index (χ1) is 15.0. The first kappa shape index (κ1) is 22.1. The fourth-order valence-corrected chi connectivity index (χ4v) is 3.57. The number of nitrogens with one attached hydrogen (secondary N) is 2. The number of amides is 2. The number of rotatable bonds is 8. The van der Waals surface area contributed by atoms with Crippen molar-refractivity contribution in [2.45, 2.75) is 13.0 Å². The highest BCUT2D eigenvalue weighted by molar-refractivity contribution is 5.95. The molecule has 3 rings (SSSR count). The number of hydrogen-bond donors (Lipinski definition) is 2. The molecule has 0 spiro atoms. The topological polar surface area (TPSA) is 70.7 Å². The van der Waals surface area contributed by atoms with Gasteiger partial charge >= 0.3 is 0 Å². The van der Waals surface area contributed by atoms with Crippen LogP contribution in [-0.4, -0.2) is 37.4 Å². The largest absolute Gasteiger partial charge is 0.495 e. The number of benzene rings is 3. The molecule has 0 saturated carbocycles. The van der Waals surface area contributed by atoms with Gasteiger partial charge in [-0.3, -0.25) is 14.5 Å². The first-order valence-corrected chi connectivity index (χ1v) is 10.0. The summed E-state index contributed by atoms with van der Waals surface area (Å²) in [6.07, 6.45) is 0. The highest BCUT2D eigenvalue weighted by Crippen LogP contribution is 2.29. The molecule has 160 valence electrons. The molecule has 3 aromatic carbocycles. The predicted molar refractivity (Wildman–Crippen MR) is 123 cm³/mol. The lowest BCUT2D eigenvalue weighted by molar-refractivity contribution is -0.117. The molecule has 2 amide bonds. The zero-order valence-electron chi connectivity index (χ0n) is 18.0. The van der Waals surface area contributed by atoms with Gasteiger partial charge in [0.25, 0.3) is 0 Å². The van der Waals surface area contributed by atoms with Gasteiger partial charge in [0.1, 0.15) is 5.75 Å². The maximum Gasteiger partial charge on any atom is 0.238 e. The van der Waals surface area contributed by atoms with E-state index in [1.54, 1.807) is 18.2 Å². The maximum atomic E-state index is 12.9. The summed E-state index contributed by atoms with van der Waals surface area (Å²) in [6, 6.07) is 25.2. The van der Waals surface area contributed by atoms with Crippen molar-refractivity contribution in [1.29, 1.82) is 0 Å². The highest BCUT2D eigenvalue weighted by atomic mass is 16.5. The molecule has 0 bridgehead atoms. The van der Waals surface area contributed by atoms with E-state index in [2.05, 4.69) is 34.9 Å². The molecule has 3 aromatic rings. The molecule has 2 N–H and O–H groups in total. The van der Waals surface area contributed by atoms with E-state index in [0.29, 0.717) is 17.1 Å². The third-order valence-corrected chi connectivity index (χ3v) is 4.86. The lowest BCUT2D eigenvalue weighted by Crippen LogP contribution is -2.34. The lowest BCUT2D eigenvalue weighted by atomic mass is 9.97. The second-order valence-electron chi connectivity index (χ2n) is 7.28. The van der Waals surface area contributed by atoms with Crippen molar-refractivity contribution >= 4 is 23.2 Å². The molecule has 0 aliphatic rings. The average Bonchev–Trinajstić information content (AvgIpc) is 2.75. The van der Waals surface area contributed by atoms with Crippen molar-refractivity contribution in [3.05, 3.63) is 90.0 Å². The molecule has 0 aromatic heterocycles. The van der Waals surface area contributed by atoms with Gasteiger partial charge < -0.3 is 15.4 Å². The fourth-order valence-electron chi connectivity index (χ4n) is 3.57. The van der Waals surface area contributed by atoms with E-state index in [-0.39, 0.29) is 24.4 Å². The van der Waals surface area contributed by atoms with Crippen LogP contribution in [0.2, 0.25) is 0 Å². The van der Waals surface area contributed by atoms with E-state index >= 15 is 0 Å². The molecule has 0 fully saturated rings. The summed E-state index contributed by atoms with van der Waals surface area (Å²) >= 11 is 0. The van der Waals surface area contributed by atoms with Crippen LogP contribution in [0.4, 0.5) is 11.4 Å². The Morgan fingerprint density at radius 2 is 1.48 bits per heavy atom. The number of carbonyl (C=O) groups excluding carboxylic acids is 2. The van der Waals surface area contributed by atoms with Crippen molar-refractivity contribution in [2.75, 3.05) is 31.3 Å². The first-order valence-electron chi connectivity index (χ1n) is 10.0. The van der Waals surface area contributed by atoms with Crippen LogP contribution in [0.25, 0.3) is 0 Å². The average molecular weight is 418 g/mol. The molecular weight excluding hydrogens is 390 g/mol. The second kappa shape index (κ2) is 10.4. The van der Waals surface area contributed by atoms with E-state index in [0.717, 1.165) is 11.1 Å². The van der Waals surface area contributed by atoms with Gasteiger partial charge in [-0.1, -0.05) is 60.7 Å². The summed E-state index contributed by atoms with van der Waals surface area (Å²) in [4.78, 5) is 26.3. The van der Waals surface area contributed by atoms with Gasteiger partial charge in [0.15, 0.2) is 0 Å². The molecule has 0 heterocycles. The fraction of sp³-hybridized carbons (Fsp3) is 0.200. The van der Waals surface area contributed by atoms with Gasteiger partial charge in [0.05, 0.1) is 25.4 Å². The summed E-state index contributed by atoms with van der Waals surface area (Å²) in [5, 5.41) is 5.62. The van der Waals surface area contributed by atoms with Gasteiger partial charge in [-0.05, 0) is 36.4 Å². The van der Waals surface area contributed by atoms with Gasteiger partial charge in [-0.15, -0.1) is 0 Å². The molecule has 0 atom stereocenters. The number of methoxy groups -OCH3 is 1. The minimum Gasteiger partial charge on any atom is -0.495 e. The van der Waals surface area contributed by atoms with E-state index in [9.17, 15) is 9.59 Å². The van der Waals surface area contributed by atoms with E-state index < -0.39 is 0 Å². The van der Waals surface area contributed by atoms with Gasteiger partial charge in [-0.25, -0.2) is 0 Å². The van der Waals surface area contributed by atoms with E-state index in [1.165, 1.54) is 14.0 Å². The Morgan fingerprint density at radius 3 is 2.00 bits per heavy atom. The number of likely N-dealkylation sites (N-methyl/N-ethyl adjacent to an activating group) is 1. The number of nitrogens with zero attached hydrogens (tertiary/aromatic N) is 1. The Labute approximate surface area is 182 Å². The summed E-state index contributed by atoms with van der Waals surface area (Å²) in [5.74, 6) is 0.154. The van der Waals surface area contributed by atoms with Crippen LogP contribution < -0.4 is 15.4 Å². The molecule has 0 aliphatic heterocycles. The van der Waals surface area contributed by atoms with E-state index in [4.69, 9.17) is 4.74 Å². The predicted octanol–water partition coefficient (Wildman–Crippen LogP) is 4.31. The van der Waals surface area contributed by atoms with Crippen LogP contribution in [0.5, 0.6) is 5.75 Å². The molecular formula is C25H27N3O3. The summed E-state index contributed by atoms with van der Waals surface area (Å²) in [5.41, 5.74) is 3.30. The van der Waals surface area contributed by atoms with Gasteiger partial charge in [0, 0.05) is 12.6 Å². The molecule has 6 nitrogen and oxygen atoms in total. The van der Waals surface area contributed by atoms with Crippen LogP contribution in [0, 0.1) is 0 Å². The van der Waals surface area contributed by atoms with Crippen molar-refractivity contribution in [3.8, 4) is 5.75 Å². The second-order valence-corrected chi connectivity index (χ2v) is 7.28. The molecule has 6 heteroatoms. The Balaban J connectivity index is 1.79. The highest BCUT2D eigenvalue weighted by Gasteiger charge is 2.21. The third-order valence-electron chi connectivity index (χ3n) is 4.86. The zero-order valence-corrected chi connectivity index (χ0v) is 18.0. The molecule has 0 saturated heterocycles. The molecule has 0 aliphatic carbocycles. The molecule has 31 heavy (non-hydrogen) atoms. The molecule has 0 unspecified atom stereocenters. The Hall–Kier alpha value is -3.64. The Bertz CT molecular complexity index is 983. The monoisotopic (exact) mass is 417 g/mol. The zero-order chi connectivity index (χ0) is 22.2. The normalized spacial score (nSPS) is 10.7. The summed E-state index contributed by atoms with van der Waals surface area (Å²) in [7, 11) is 3.46. The van der Waals surface area contributed by atoms with Crippen molar-refractivity contribution < 1.29 is 14.3 Å². The van der Waals surface area contributed by atoms with Crippen LogP contribution in [0.15, 0.2) is 78.9 Å². The lowest BCUT2D eigenvalue weighted by Gasteiger charge is -2.28. The smallest absolute Gasteiger partial charge is 0.238 e. The minimum absolute atomic E-state index is 0.0687. The minimum atomic E-state index is -0.184. The number of hydrogen-bond acceptors (Lipinski definition) is 4. The SMILES string of the molecule is COc1ccc(NC(C)=O)cc1NC(=O)CN(C)C(c1ccccc1)c1ccccc1. The van der Waals surface area contributed by atoms with Crippen LogP contribution in [0.3, 0.4) is 0 Å². The molecule has 0 radical (unpaired) electrons. The quantitative estimate of drug-likeness (QED) is 0.573. The number of ether oxygens (including phenoxy) is 1. The summed E-state index contributed by atoms with van der Waals surface area (Å²) in [6.45, 7) is 1.60. The number of carbonyl (C=O) groups is 2. The van der Waals surface area contributed by atoms with Crippen LogP contribution in [-0.2, 0) is 9.59 Å². The maximum absolute atomic E-state index is 12.9.